The molecule has 10 rings (SSSR count). The molecule has 0 unspecified atom stereocenters. The summed E-state index contributed by atoms with van der Waals surface area (Å²) >= 11 is 0. The molecule has 5 aromatic heterocycles. The third kappa shape index (κ3) is 4.77. The quantitative estimate of drug-likeness (QED) is 0.177. The average Bonchev–Trinajstić information content (AvgIpc) is 3.58. The van der Waals surface area contributed by atoms with E-state index in [1.54, 1.807) is 0 Å². The van der Waals surface area contributed by atoms with Gasteiger partial charge in [0, 0.05) is 73.3 Å². The highest BCUT2D eigenvalue weighted by atomic mass is 16.3. The number of hydrogen-bond acceptors (Lipinski definition) is 5. The van der Waals surface area contributed by atoms with Crippen LogP contribution in [0.3, 0.4) is 0 Å². The van der Waals surface area contributed by atoms with Crippen molar-refractivity contribution in [2.24, 2.45) is 0 Å². The van der Waals surface area contributed by atoms with Crippen LogP contribution >= 0.6 is 0 Å². The molecule has 5 heteroatoms. The molecular weight excluding hydrogens is 625 g/mol. The fourth-order valence-electron chi connectivity index (χ4n) is 7.43. The largest absolute Gasteiger partial charge is 0.455 e. The van der Waals surface area contributed by atoms with Crippen LogP contribution in [-0.2, 0) is 0 Å². The molecule has 0 aliphatic heterocycles. The van der Waals surface area contributed by atoms with E-state index in [1.165, 1.54) is 0 Å². The molecule has 5 aromatic carbocycles. The van der Waals surface area contributed by atoms with Gasteiger partial charge in [0.1, 0.15) is 11.2 Å². The molecule has 0 saturated heterocycles. The molecule has 0 aliphatic carbocycles. The summed E-state index contributed by atoms with van der Waals surface area (Å²) in [5, 5.41) is 6.51. The number of fused-ring (bicyclic) bond motifs is 7. The Kier molecular flexibility index (Phi) is 6.55. The van der Waals surface area contributed by atoms with Gasteiger partial charge in [-0.1, -0.05) is 91.0 Å². The number of aryl methyl sites for hydroxylation is 2. The fourth-order valence-corrected chi connectivity index (χ4v) is 7.43. The van der Waals surface area contributed by atoms with Gasteiger partial charge in [-0.3, -0.25) is 9.97 Å². The maximum atomic E-state index is 6.53. The van der Waals surface area contributed by atoms with Crippen molar-refractivity contribution in [1.82, 2.24) is 19.9 Å². The summed E-state index contributed by atoms with van der Waals surface area (Å²) in [6.45, 7) is 4.22. The van der Waals surface area contributed by atoms with Gasteiger partial charge < -0.3 is 4.42 Å². The van der Waals surface area contributed by atoms with Crippen molar-refractivity contribution in [3.63, 3.8) is 0 Å². The predicted molar refractivity (Wildman–Crippen MR) is 209 cm³/mol. The monoisotopic (exact) mass is 654 g/mol. The zero-order chi connectivity index (χ0) is 34.1. The van der Waals surface area contributed by atoms with Gasteiger partial charge in [-0.25, -0.2) is 9.97 Å². The predicted octanol–water partition coefficient (Wildman–Crippen LogP) is 11.9. The zero-order valence-corrected chi connectivity index (χ0v) is 28.1. The number of rotatable bonds is 4. The summed E-state index contributed by atoms with van der Waals surface area (Å²) in [5.41, 5.74) is 13.6. The number of furan rings is 1. The SMILES string of the molecule is Cc1cccc2c1oc1c(C)c(-c3cc(-c4cnc5c(ccc6ccc(-c7ccccc7)nc65)c4)cc(-c4cccc5ccncc45)n3)ccc12. The lowest BCUT2D eigenvalue weighted by atomic mass is 9.96. The highest BCUT2D eigenvalue weighted by molar-refractivity contribution is 6.08. The highest BCUT2D eigenvalue weighted by Gasteiger charge is 2.18. The van der Waals surface area contributed by atoms with Crippen molar-refractivity contribution in [2.75, 3.05) is 0 Å². The minimum absolute atomic E-state index is 0.868. The van der Waals surface area contributed by atoms with E-state index in [2.05, 4.69) is 122 Å². The molecule has 0 spiro atoms. The van der Waals surface area contributed by atoms with E-state index in [-0.39, 0.29) is 0 Å². The van der Waals surface area contributed by atoms with Gasteiger partial charge in [-0.15, -0.1) is 0 Å². The molecule has 0 bridgehead atoms. The Balaban J connectivity index is 1.18. The maximum Gasteiger partial charge on any atom is 0.139 e. The number of nitrogens with zero attached hydrogens (tertiary/aromatic N) is 4. The number of para-hydroxylation sites is 1. The lowest BCUT2D eigenvalue weighted by Crippen LogP contribution is -1.95. The zero-order valence-electron chi connectivity index (χ0n) is 28.1. The number of aromatic nitrogens is 4. The van der Waals surface area contributed by atoms with Crippen molar-refractivity contribution in [3.05, 3.63) is 157 Å². The van der Waals surface area contributed by atoms with E-state index >= 15 is 0 Å². The molecule has 5 heterocycles. The van der Waals surface area contributed by atoms with Gasteiger partial charge in [0.15, 0.2) is 0 Å². The molecule has 0 amide bonds. The Morgan fingerprint density at radius 1 is 0.471 bits per heavy atom. The van der Waals surface area contributed by atoms with Crippen LogP contribution in [0.4, 0.5) is 0 Å². The molecule has 0 saturated carbocycles. The second-order valence-electron chi connectivity index (χ2n) is 13.2. The molecular formula is C46H30N4O. The van der Waals surface area contributed by atoms with Crippen molar-refractivity contribution in [1.29, 1.82) is 0 Å². The summed E-state index contributed by atoms with van der Waals surface area (Å²) < 4.78 is 6.53. The fraction of sp³-hybridized carbons (Fsp3) is 0.0435. The second kappa shape index (κ2) is 11.4. The third-order valence-electron chi connectivity index (χ3n) is 10.1. The maximum absolute atomic E-state index is 6.53. The first-order chi connectivity index (χ1) is 25.1. The summed E-state index contributed by atoms with van der Waals surface area (Å²) in [4.78, 5) is 19.9. The number of benzene rings is 5. The van der Waals surface area contributed by atoms with Gasteiger partial charge in [0.2, 0.25) is 0 Å². The molecule has 0 fully saturated rings. The molecule has 10 aromatic rings. The van der Waals surface area contributed by atoms with Crippen LogP contribution in [0.1, 0.15) is 11.1 Å². The Bertz CT molecular complexity index is 2990. The summed E-state index contributed by atoms with van der Waals surface area (Å²) in [6, 6.07) is 44.3. The lowest BCUT2D eigenvalue weighted by Gasteiger charge is -2.14. The van der Waals surface area contributed by atoms with E-state index in [0.717, 1.165) is 111 Å². The standard InChI is InChI=1S/C46H30N4O/c1-27-8-6-13-37-38-18-17-35(28(2)46(38)51-45(27)37)41-23-33(24-42(49-41)36-12-7-11-29-20-21-47-26-39(29)36)34-22-32-15-14-31-16-19-40(30-9-4-3-5-10-30)50-44(31)43(32)48-25-34/h3-26H,1-2H3. The van der Waals surface area contributed by atoms with Crippen LogP contribution in [0.5, 0.6) is 0 Å². The smallest absolute Gasteiger partial charge is 0.139 e. The van der Waals surface area contributed by atoms with E-state index < -0.39 is 0 Å². The van der Waals surface area contributed by atoms with Gasteiger partial charge in [-0.2, -0.15) is 0 Å². The van der Waals surface area contributed by atoms with E-state index in [9.17, 15) is 0 Å². The van der Waals surface area contributed by atoms with Crippen LogP contribution in [0, 0.1) is 13.8 Å². The van der Waals surface area contributed by atoms with Crippen molar-refractivity contribution >= 4 is 54.5 Å². The van der Waals surface area contributed by atoms with E-state index in [4.69, 9.17) is 19.4 Å². The molecule has 0 atom stereocenters. The third-order valence-corrected chi connectivity index (χ3v) is 10.1. The highest BCUT2D eigenvalue weighted by Crippen LogP contribution is 2.39. The minimum Gasteiger partial charge on any atom is -0.455 e. The van der Waals surface area contributed by atoms with Gasteiger partial charge in [0.25, 0.3) is 0 Å². The first-order valence-electron chi connectivity index (χ1n) is 17.1. The number of hydrogen-bond donors (Lipinski definition) is 0. The van der Waals surface area contributed by atoms with Crippen LogP contribution in [0.15, 0.2) is 150 Å². The molecule has 51 heavy (non-hydrogen) atoms. The van der Waals surface area contributed by atoms with Gasteiger partial charge in [-0.05, 0) is 66.8 Å². The Hall–Kier alpha value is -6.72. The van der Waals surface area contributed by atoms with Gasteiger partial charge in [0.05, 0.1) is 28.1 Å². The average molecular weight is 655 g/mol. The molecule has 240 valence electrons. The minimum atomic E-state index is 0.868. The van der Waals surface area contributed by atoms with E-state index in [0.29, 0.717) is 0 Å². The first-order valence-corrected chi connectivity index (χ1v) is 17.1. The second-order valence-corrected chi connectivity index (χ2v) is 13.2. The topological polar surface area (TPSA) is 64.7 Å². The normalized spacial score (nSPS) is 11.7. The summed E-state index contributed by atoms with van der Waals surface area (Å²) in [7, 11) is 0. The molecule has 0 radical (unpaired) electrons. The molecule has 0 aliphatic rings. The lowest BCUT2D eigenvalue weighted by molar-refractivity contribution is 0.663. The first kappa shape index (κ1) is 29.2. The Morgan fingerprint density at radius 2 is 1.27 bits per heavy atom. The van der Waals surface area contributed by atoms with Crippen molar-refractivity contribution in [2.45, 2.75) is 13.8 Å². The van der Waals surface area contributed by atoms with Crippen LogP contribution in [0.25, 0.3) is 99.4 Å². The van der Waals surface area contributed by atoms with Crippen LogP contribution < -0.4 is 0 Å². The van der Waals surface area contributed by atoms with E-state index in [1.807, 2.05) is 42.9 Å². The van der Waals surface area contributed by atoms with Crippen LogP contribution in [-0.4, -0.2) is 19.9 Å². The number of pyridine rings is 4. The molecule has 0 N–H and O–H groups in total. The van der Waals surface area contributed by atoms with Crippen LogP contribution in [0.2, 0.25) is 0 Å². The Morgan fingerprint density at radius 3 is 2.18 bits per heavy atom. The summed E-state index contributed by atoms with van der Waals surface area (Å²) in [6.07, 6.45) is 5.72. The van der Waals surface area contributed by atoms with Gasteiger partial charge >= 0.3 is 0 Å². The Labute approximate surface area is 293 Å². The summed E-state index contributed by atoms with van der Waals surface area (Å²) in [5.74, 6) is 0. The molecule has 5 nitrogen and oxygen atoms in total. The van der Waals surface area contributed by atoms with Crippen molar-refractivity contribution in [3.8, 4) is 44.9 Å². The van der Waals surface area contributed by atoms with Crippen molar-refractivity contribution < 1.29 is 4.42 Å².